The Kier molecular flexibility index (Phi) is 4.81. The maximum absolute atomic E-state index is 12.1. The molecule has 0 heterocycles. The van der Waals surface area contributed by atoms with Gasteiger partial charge in [-0.3, -0.25) is 0 Å². The van der Waals surface area contributed by atoms with Crippen LogP contribution in [0.3, 0.4) is 0 Å². The number of phenolic OH excluding ortho intramolecular Hbond substituents is 2. The average Bonchev–Trinajstić information content (AvgIpc) is 2.30. The monoisotopic (exact) mass is 273 g/mol. The van der Waals surface area contributed by atoms with Crippen molar-refractivity contribution >= 4 is 39.4 Å². The Balaban J connectivity index is 0.00000162. The van der Waals surface area contributed by atoms with Crippen LogP contribution < -0.4 is 0 Å². The first kappa shape index (κ1) is 15.0. The van der Waals surface area contributed by atoms with Gasteiger partial charge in [-0.05, 0) is 48.5 Å². The first-order valence-electron chi connectivity index (χ1n) is 4.83. The fourth-order valence-corrected chi connectivity index (χ4v) is 2.65. The summed E-state index contributed by atoms with van der Waals surface area (Å²) in [5.74, 6) is 0.0179. The van der Waals surface area contributed by atoms with Gasteiger partial charge >= 0.3 is 0 Å². The van der Waals surface area contributed by atoms with Gasteiger partial charge in [-0.15, -0.1) is 0 Å². The smallest absolute Gasteiger partial charge is 0.206 e. The van der Waals surface area contributed by atoms with Crippen LogP contribution in [0.15, 0.2) is 58.3 Å². The third-order valence-corrected chi connectivity index (χ3v) is 4.08. The summed E-state index contributed by atoms with van der Waals surface area (Å²) >= 11 is 0. The van der Waals surface area contributed by atoms with Crippen LogP contribution in [-0.4, -0.2) is 48.2 Å². The van der Waals surface area contributed by atoms with Gasteiger partial charge < -0.3 is 10.2 Å². The number of phenols is 2. The van der Waals surface area contributed by atoms with Gasteiger partial charge in [0, 0.05) is 29.6 Å². The molecule has 0 spiro atoms. The second kappa shape index (κ2) is 5.75. The molecule has 0 fully saturated rings. The first-order valence-corrected chi connectivity index (χ1v) is 6.31. The first-order chi connectivity index (χ1) is 8.00. The average molecular weight is 273 g/mol. The summed E-state index contributed by atoms with van der Waals surface area (Å²) in [4.78, 5) is 0.196. The summed E-state index contributed by atoms with van der Waals surface area (Å²) < 4.78 is 24.2. The molecule has 0 aliphatic rings. The van der Waals surface area contributed by atoms with E-state index in [4.69, 9.17) is 10.2 Å². The molecule has 6 heteroatoms. The van der Waals surface area contributed by atoms with E-state index in [1.54, 1.807) is 0 Å². The van der Waals surface area contributed by atoms with Gasteiger partial charge in [-0.1, -0.05) is 0 Å². The second-order valence-corrected chi connectivity index (χ2v) is 5.44. The van der Waals surface area contributed by atoms with Gasteiger partial charge in [0.05, 0.1) is 9.79 Å². The van der Waals surface area contributed by atoms with Gasteiger partial charge in [-0.2, -0.15) is 0 Å². The van der Waals surface area contributed by atoms with E-state index in [0.29, 0.717) is 0 Å². The van der Waals surface area contributed by atoms with Crippen LogP contribution in [0.25, 0.3) is 0 Å². The molecule has 0 amide bonds. The maximum Gasteiger partial charge on any atom is 0.206 e. The Morgan fingerprint density at radius 1 is 0.667 bits per heavy atom. The molecule has 0 aliphatic carbocycles. The van der Waals surface area contributed by atoms with Crippen molar-refractivity contribution in [1.29, 1.82) is 0 Å². The van der Waals surface area contributed by atoms with Gasteiger partial charge in [0.2, 0.25) is 9.84 Å². The minimum absolute atomic E-state index is 0. The minimum Gasteiger partial charge on any atom is -0.508 e. The standard InChI is InChI=1S/C12H10O4S.Na/c13-9-1-5-11(6-2-9)17(15,16)12-7-3-10(14)4-8-12;/h1-8,13-14H;. The van der Waals surface area contributed by atoms with E-state index in [9.17, 15) is 8.42 Å². The van der Waals surface area contributed by atoms with E-state index in [-0.39, 0.29) is 50.8 Å². The van der Waals surface area contributed by atoms with E-state index >= 15 is 0 Å². The summed E-state index contributed by atoms with van der Waals surface area (Å²) in [5, 5.41) is 18.2. The largest absolute Gasteiger partial charge is 0.508 e. The van der Waals surface area contributed by atoms with Crippen LogP contribution in [0.4, 0.5) is 0 Å². The fourth-order valence-electron chi connectivity index (χ4n) is 1.39. The van der Waals surface area contributed by atoms with Crippen molar-refractivity contribution in [2.24, 2.45) is 0 Å². The molecule has 2 N–H and O–H groups in total. The van der Waals surface area contributed by atoms with Crippen molar-refractivity contribution in [3.8, 4) is 11.5 Å². The van der Waals surface area contributed by atoms with Crippen molar-refractivity contribution < 1.29 is 18.6 Å². The molecule has 2 rings (SSSR count). The number of hydrogen-bond acceptors (Lipinski definition) is 4. The third-order valence-electron chi connectivity index (χ3n) is 2.29. The Morgan fingerprint density at radius 2 is 0.944 bits per heavy atom. The Morgan fingerprint density at radius 3 is 1.22 bits per heavy atom. The zero-order valence-electron chi connectivity index (χ0n) is 9.74. The number of sulfone groups is 1. The Labute approximate surface area is 127 Å². The number of aromatic hydroxyl groups is 2. The quantitative estimate of drug-likeness (QED) is 0.814. The van der Waals surface area contributed by atoms with Crippen LogP contribution in [-0.2, 0) is 9.84 Å². The van der Waals surface area contributed by atoms with Gasteiger partial charge in [-0.25, -0.2) is 8.42 Å². The van der Waals surface area contributed by atoms with Crippen molar-refractivity contribution in [3.05, 3.63) is 48.5 Å². The summed E-state index contributed by atoms with van der Waals surface area (Å²) in [6.45, 7) is 0. The van der Waals surface area contributed by atoms with Crippen LogP contribution >= 0.6 is 0 Å². The van der Waals surface area contributed by atoms with Crippen molar-refractivity contribution in [3.63, 3.8) is 0 Å². The molecule has 2 aromatic carbocycles. The van der Waals surface area contributed by atoms with E-state index in [1.165, 1.54) is 48.5 Å². The molecule has 2 aromatic rings. The minimum atomic E-state index is -3.59. The van der Waals surface area contributed by atoms with E-state index in [1.807, 2.05) is 0 Å². The third kappa shape index (κ3) is 3.05. The zero-order chi connectivity index (χ0) is 12.5. The zero-order valence-corrected chi connectivity index (χ0v) is 12.6. The number of rotatable bonds is 2. The molecular formula is C12H10NaO4S. The Bertz CT molecular complexity index is 567. The van der Waals surface area contributed by atoms with Gasteiger partial charge in [0.25, 0.3) is 0 Å². The van der Waals surface area contributed by atoms with Crippen LogP contribution in [0.2, 0.25) is 0 Å². The summed E-state index contributed by atoms with van der Waals surface area (Å²) in [5.41, 5.74) is 0. The SMILES string of the molecule is O=S(=O)(c1ccc(O)cc1)c1ccc(O)cc1.[Na]. The molecule has 0 aliphatic heterocycles. The summed E-state index contributed by atoms with van der Waals surface area (Å²) in [6.07, 6.45) is 0. The molecule has 0 atom stereocenters. The molecule has 89 valence electrons. The molecule has 0 saturated carbocycles. The van der Waals surface area contributed by atoms with Gasteiger partial charge in [0.1, 0.15) is 11.5 Å². The molecule has 0 bridgehead atoms. The summed E-state index contributed by atoms with van der Waals surface area (Å²) in [6, 6.07) is 10.6. The topological polar surface area (TPSA) is 74.6 Å². The van der Waals surface area contributed by atoms with E-state index < -0.39 is 9.84 Å². The predicted molar refractivity (Wildman–Crippen MR) is 67.4 cm³/mol. The summed E-state index contributed by atoms with van der Waals surface area (Å²) in [7, 11) is -3.59. The molecule has 0 aromatic heterocycles. The maximum atomic E-state index is 12.1. The molecule has 0 unspecified atom stereocenters. The van der Waals surface area contributed by atoms with Crippen molar-refractivity contribution in [2.45, 2.75) is 9.79 Å². The van der Waals surface area contributed by atoms with Crippen LogP contribution in [0.1, 0.15) is 0 Å². The second-order valence-electron chi connectivity index (χ2n) is 3.49. The van der Waals surface area contributed by atoms with Crippen molar-refractivity contribution in [1.82, 2.24) is 0 Å². The predicted octanol–water partition coefficient (Wildman–Crippen LogP) is 1.55. The van der Waals surface area contributed by atoms with Gasteiger partial charge in [0.15, 0.2) is 0 Å². The van der Waals surface area contributed by atoms with Crippen molar-refractivity contribution in [2.75, 3.05) is 0 Å². The van der Waals surface area contributed by atoms with E-state index in [2.05, 4.69) is 0 Å². The van der Waals surface area contributed by atoms with Crippen LogP contribution in [0, 0.1) is 0 Å². The van der Waals surface area contributed by atoms with E-state index in [0.717, 1.165) is 0 Å². The molecule has 0 saturated heterocycles. The normalized spacial score (nSPS) is 10.7. The Hall–Kier alpha value is -1.01. The number of benzene rings is 2. The van der Waals surface area contributed by atoms with Crippen LogP contribution in [0.5, 0.6) is 11.5 Å². The molecule has 4 nitrogen and oxygen atoms in total. The molecule has 1 radical (unpaired) electrons. The molecule has 18 heavy (non-hydrogen) atoms. The molecular weight excluding hydrogens is 263 g/mol. The number of hydrogen-bond donors (Lipinski definition) is 2. The fraction of sp³-hybridized carbons (Fsp3) is 0.